The maximum absolute atomic E-state index is 12.6. The molecule has 2 aliphatic heterocycles. The Bertz CT molecular complexity index is 815. The molecule has 3 rings (SSSR count). The summed E-state index contributed by atoms with van der Waals surface area (Å²) < 4.78 is 6.09. The summed E-state index contributed by atoms with van der Waals surface area (Å²) in [4.78, 5) is 34.9. The van der Waals surface area contributed by atoms with E-state index in [2.05, 4.69) is 41.0 Å². The Kier molecular flexibility index (Phi) is 9.04. The summed E-state index contributed by atoms with van der Waals surface area (Å²) in [5.41, 5.74) is 1.60. The van der Waals surface area contributed by atoms with E-state index in [9.17, 15) is 9.59 Å². The van der Waals surface area contributed by atoms with Crippen molar-refractivity contribution in [2.24, 2.45) is 10.9 Å². The van der Waals surface area contributed by atoms with Crippen molar-refractivity contribution >= 4 is 40.5 Å². The average Bonchev–Trinajstić information content (AvgIpc) is 3.42. The van der Waals surface area contributed by atoms with Gasteiger partial charge in [0.2, 0.25) is 17.7 Å². The summed E-state index contributed by atoms with van der Waals surface area (Å²) in [6, 6.07) is 0. The van der Waals surface area contributed by atoms with E-state index in [1.165, 1.54) is 0 Å². The number of hydrogen-bond acceptors (Lipinski definition) is 9. The minimum atomic E-state index is -0.361. The van der Waals surface area contributed by atoms with E-state index < -0.39 is 0 Å². The van der Waals surface area contributed by atoms with Gasteiger partial charge in [0.25, 0.3) is 0 Å². The van der Waals surface area contributed by atoms with E-state index >= 15 is 0 Å². The highest BCUT2D eigenvalue weighted by Gasteiger charge is 2.28. The van der Waals surface area contributed by atoms with Crippen LogP contribution in [0.25, 0.3) is 0 Å². The van der Waals surface area contributed by atoms with E-state index in [0.29, 0.717) is 30.3 Å². The zero-order chi connectivity index (χ0) is 23.1. The van der Waals surface area contributed by atoms with Crippen LogP contribution in [0.1, 0.15) is 58.1 Å². The Hall–Kier alpha value is -1.56. The van der Waals surface area contributed by atoms with Gasteiger partial charge < -0.3 is 14.6 Å². The second-order valence-corrected chi connectivity index (χ2v) is 11.8. The molecule has 0 spiro atoms. The van der Waals surface area contributed by atoms with Gasteiger partial charge in [-0.1, -0.05) is 32.5 Å². The standard InChI is InChI=1S/C21H33N5O4S2/c1-21(2,3)15-11-22-17(30-15)13-31-18-12-23-20(32-18)24-19(28)14-6-9-26(10-7-14)8-4-5-16(27)25-29/h11,14,18,29H,4-10,12-13H2,1-3H3,(H,25,27)(H,23,24,28). The van der Waals surface area contributed by atoms with Crippen LogP contribution in [-0.4, -0.2) is 62.8 Å². The summed E-state index contributed by atoms with van der Waals surface area (Å²) in [5.74, 6) is 1.97. The van der Waals surface area contributed by atoms with Crippen molar-refractivity contribution in [3.05, 3.63) is 17.8 Å². The van der Waals surface area contributed by atoms with Crippen LogP contribution < -0.4 is 10.8 Å². The van der Waals surface area contributed by atoms with Crippen LogP contribution in [-0.2, 0) is 20.8 Å². The molecule has 1 fully saturated rings. The first-order chi connectivity index (χ1) is 15.2. The summed E-state index contributed by atoms with van der Waals surface area (Å²) in [5, 5.41) is 12.2. The molecule has 2 amide bonds. The molecule has 0 saturated carbocycles. The Balaban J connectivity index is 1.33. The molecule has 1 unspecified atom stereocenters. The van der Waals surface area contributed by atoms with E-state index in [4.69, 9.17) is 9.62 Å². The minimum Gasteiger partial charge on any atom is -0.444 e. The van der Waals surface area contributed by atoms with E-state index in [-0.39, 0.29) is 27.7 Å². The second kappa shape index (κ2) is 11.5. The molecule has 1 aromatic heterocycles. The van der Waals surface area contributed by atoms with Crippen LogP contribution in [0.4, 0.5) is 0 Å². The van der Waals surface area contributed by atoms with Gasteiger partial charge in [0.1, 0.15) is 5.76 Å². The van der Waals surface area contributed by atoms with Crippen LogP contribution >= 0.6 is 23.5 Å². The summed E-state index contributed by atoms with van der Waals surface area (Å²) in [7, 11) is 0. The number of thioether (sulfide) groups is 2. The monoisotopic (exact) mass is 483 g/mol. The van der Waals surface area contributed by atoms with E-state index in [1.807, 2.05) is 0 Å². The number of carbonyl (C=O) groups is 2. The van der Waals surface area contributed by atoms with E-state index in [0.717, 1.165) is 44.1 Å². The number of aromatic nitrogens is 1. The Morgan fingerprint density at radius 3 is 2.75 bits per heavy atom. The van der Waals surface area contributed by atoms with Crippen molar-refractivity contribution in [3.63, 3.8) is 0 Å². The largest absolute Gasteiger partial charge is 0.444 e. The molecule has 1 atom stereocenters. The fraction of sp³-hybridized carbons (Fsp3) is 0.714. The van der Waals surface area contributed by atoms with Gasteiger partial charge in [0.15, 0.2) is 5.17 Å². The summed E-state index contributed by atoms with van der Waals surface area (Å²) in [6.07, 6.45) is 4.40. The number of piperidine rings is 1. The zero-order valence-corrected chi connectivity index (χ0v) is 20.6. The molecule has 32 heavy (non-hydrogen) atoms. The normalized spacial score (nSPS) is 20.2. The first kappa shape index (κ1) is 25.1. The number of carbonyl (C=O) groups excluding carboxylic acids is 2. The van der Waals surface area contributed by atoms with Crippen LogP contribution in [0.3, 0.4) is 0 Å². The van der Waals surface area contributed by atoms with E-state index in [1.54, 1.807) is 35.2 Å². The summed E-state index contributed by atoms with van der Waals surface area (Å²) >= 11 is 3.32. The van der Waals surface area contributed by atoms with Gasteiger partial charge in [0.05, 0.1) is 23.1 Å². The number of hydroxylamine groups is 1. The Morgan fingerprint density at radius 1 is 1.34 bits per heavy atom. The van der Waals surface area contributed by atoms with Gasteiger partial charge >= 0.3 is 0 Å². The molecule has 11 heteroatoms. The fourth-order valence-electron chi connectivity index (χ4n) is 3.55. The predicted octanol–water partition coefficient (Wildman–Crippen LogP) is 2.75. The van der Waals surface area contributed by atoms with Crippen LogP contribution in [0, 0.1) is 5.92 Å². The molecular formula is C21H33N5O4S2. The van der Waals surface area contributed by atoms with Crippen molar-refractivity contribution in [2.75, 3.05) is 26.2 Å². The highest BCUT2D eigenvalue weighted by Crippen LogP contribution is 2.33. The molecule has 2 aliphatic rings. The number of rotatable bonds is 8. The van der Waals surface area contributed by atoms with Gasteiger partial charge in [-0.05, 0) is 38.9 Å². The third-order valence-corrected chi connectivity index (χ3v) is 8.00. The number of nitrogens with one attached hydrogen (secondary N) is 2. The number of likely N-dealkylation sites (tertiary alicyclic amines) is 1. The quantitative estimate of drug-likeness (QED) is 0.381. The third-order valence-electron chi connectivity index (χ3n) is 5.50. The second-order valence-electron chi connectivity index (χ2n) is 9.12. The lowest BCUT2D eigenvalue weighted by atomic mass is 9.94. The van der Waals surface area contributed by atoms with Crippen molar-refractivity contribution in [2.45, 2.75) is 62.2 Å². The molecule has 1 saturated heterocycles. The SMILES string of the molecule is CC(C)(C)c1cnc(CSC2CN=C(NC(=O)C3CCN(CCCC(=O)NO)CC3)S2)o1. The molecule has 1 aromatic rings. The van der Waals surface area contributed by atoms with Gasteiger partial charge in [-0.3, -0.25) is 19.8 Å². The third kappa shape index (κ3) is 7.50. The molecule has 178 valence electrons. The minimum absolute atomic E-state index is 0.00914. The lowest BCUT2D eigenvalue weighted by molar-refractivity contribution is -0.129. The number of nitrogens with zero attached hydrogens (tertiary/aromatic N) is 3. The molecular weight excluding hydrogens is 450 g/mol. The van der Waals surface area contributed by atoms with Gasteiger partial charge in [-0.25, -0.2) is 10.5 Å². The van der Waals surface area contributed by atoms with Crippen molar-refractivity contribution in [3.8, 4) is 0 Å². The summed E-state index contributed by atoms with van der Waals surface area (Å²) in [6.45, 7) is 9.44. The topological polar surface area (TPSA) is 120 Å². The number of hydrogen-bond donors (Lipinski definition) is 3. The first-order valence-corrected chi connectivity index (χ1v) is 12.9. The lowest BCUT2D eigenvalue weighted by Gasteiger charge is -2.31. The number of aliphatic imine (C=N–C) groups is 1. The van der Waals surface area contributed by atoms with Crippen molar-refractivity contribution < 1.29 is 19.2 Å². The Labute approximate surface area is 197 Å². The Morgan fingerprint density at radius 2 is 2.09 bits per heavy atom. The lowest BCUT2D eigenvalue weighted by Crippen LogP contribution is -2.42. The van der Waals surface area contributed by atoms with Crippen molar-refractivity contribution in [1.29, 1.82) is 0 Å². The highest BCUT2D eigenvalue weighted by molar-refractivity contribution is 8.25. The zero-order valence-electron chi connectivity index (χ0n) is 18.9. The number of amides is 2. The number of amidine groups is 1. The van der Waals surface area contributed by atoms with Crippen LogP contribution in [0.2, 0.25) is 0 Å². The highest BCUT2D eigenvalue weighted by atomic mass is 32.2. The molecule has 0 radical (unpaired) electrons. The van der Waals surface area contributed by atoms with Gasteiger partial charge in [0, 0.05) is 17.8 Å². The van der Waals surface area contributed by atoms with Crippen molar-refractivity contribution in [1.82, 2.24) is 20.7 Å². The molecule has 0 aliphatic carbocycles. The van der Waals surface area contributed by atoms with Crippen LogP contribution in [0.15, 0.2) is 15.6 Å². The molecule has 9 nitrogen and oxygen atoms in total. The predicted molar refractivity (Wildman–Crippen MR) is 127 cm³/mol. The molecule has 0 aromatic carbocycles. The maximum atomic E-state index is 12.6. The molecule has 0 bridgehead atoms. The van der Waals surface area contributed by atoms with Crippen LogP contribution in [0.5, 0.6) is 0 Å². The number of oxazole rings is 1. The average molecular weight is 484 g/mol. The smallest absolute Gasteiger partial charge is 0.243 e. The first-order valence-electron chi connectivity index (χ1n) is 11.0. The molecule has 3 heterocycles. The van der Waals surface area contributed by atoms with Gasteiger partial charge in [-0.15, -0.1) is 11.8 Å². The maximum Gasteiger partial charge on any atom is 0.243 e. The molecule has 3 N–H and O–H groups in total. The van der Waals surface area contributed by atoms with Gasteiger partial charge in [-0.2, -0.15) is 0 Å². The fourth-order valence-corrected chi connectivity index (χ4v) is 5.64.